The molecule has 0 spiro atoms. The van der Waals surface area contributed by atoms with Crippen LogP contribution in [0.25, 0.3) is 0 Å². The molecule has 4 bridgehead atoms. The van der Waals surface area contributed by atoms with Crippen LogP contribution in [-0.4, -0.2) is 45.6 Å². The molecule has 5 nitrogen and oxygen atoms in total. The van der Waals surface area contributed by atoms with E-state index in [0.29, 0.717) is 19.3 Å². The lowest BCUT2D eigenvalue weighted by Crippen LogP contribution is -2.67. The van der Waals surface area contributed by atoms with Crippen molar-refractivity contribution in [3.8, 4) is 0 Å². The Balaban J connectivity index is 1.58. The van der Waals surface area contributed by atoms with Crippen molar-refractivity contribution in [1.29, 1.82) is 0 Å². The van der Waals surface area contributed by atoms with Crippen LogP contribution in [-0.2, 0) is 9.53 Å². The van der Waals surface area contributed by atoms with Crippen LogP contribution in [0.2, 0.25) is 0 Å². The number of carbonyl (C=O) groups excluding carboxylic acids is 1. The van der Waals surface area contributed by atoms with E-state index in [1.807, 2.05) is 13.8 Å². The summed E-state index contributed by atoms with van der Waals surface area (Å²) in [7, 11) is 0. The molecule has 0 radical (unpaired) electrons. The Labute approximate surface area is 125 Å². The minimum absolute atomic E-state index is 0.185. The van der Waals surface area contributed by atoms with E-state index in [4.69, 9.17) is 4.74 Å². The second-order valence-corrected chi connectivity index (χ2v) is 8.71. The summed E-state index contributed by atoms with van der Waals surface area (Å²) in [5.74, 6) is 0.0675. The van der Waals surface area contributed by atoms with Gasteiger partial charge < -0.3 is 20.3 Å². The molecular weight excluding hydrogens is 270 g/mol. The minimum atomic E-state index is -0.851. The predicted molar refractivity (Wildman–Crippen MR) is 75.5 cm³/mol. The molecule has 21 heavy (non-hydrogen) atoms. The third-order valence-electron chi connectivity index (χ3n) is 6.07. The average Bonchev–Trinajstić information content (AvgIpc) is 3.05. The summed E-state index contributed by atoms with van der Waals surface area (Å²) in [6.07, 6.45) is 3.67. The van der Waals surface area contributed by atoms with E-state index in [9.17, 15) is 15.0 Å². The van der Waals surface area contributed by atoms with Gasteiger partial charge in [-0.15, -0.1) is 0 Å². The summed E-state index contributed by atoms with van der Waals surface area (Å²) >= 11 is 0. The van der Waals surface area contributed by atoms with Crippen LogP contribution >= 0.6 is 0 Å². The molecule has 4 aliphatic carbocycles. The lowest BCUT2D eigenvalue weighted by Gasteiger charge is -2.62. The molecule has 3 N–H and O–H groups in total. The first-order valence-electron chi connectivity index (χ1n) is 8.06. The summed E-state index contributed by atoms with van der Waals surface area (Å²) in [6, 6.07) is 0.185. The molecule has 5 fully saturated rings. The van der Waals surface area contributed by atoms with Crippen LogP contribution in [0.15, 0.2) is 0 Å². The molecule has 1 aliphatic heterocycles. The Bertz CT molecular complexity index is 481. The average molecular weight is 295 g/mol. The van der Waals surface area contributed by atoms with Gasteiger partial charge in [-0.1, -0.05) is 0 Å². The molecule has 5 aliphatic rings. The fourth-order valence-corrected chi connectivity index (χ4v) is 5.40. The van der Waals surface area contributed by atoms with Gasteiger partial charge in [-0.3, -0.25) is 4.79 Å². The molecule has 5 atom stereocenters. The van der Waals surface area contributed by atoms with Crippen LogP contribution in [0.4, 0.5) is 0 Å². The van der Waals surface area contributed by atoms with Gasteiger partial charge in [0, 0.05) is 31.8 Å². The van der Waals surface area contributed by atoms with Gasteiger partial charge in [0.05, 0.1) is 16.6 Å². The molecule has 5 heteroatoms. The van der Waals surface area contributed by atoms with Crippen molar-refractivity contribution in [3.63, 3.8) is 0 Å². The third-order valence-corrected chi connectivity index (χ3v) is 6.07. The van der Waals surface area contributed by atoms with E-state index in [1.165, 1.54) is 0 Å². The van der Waals surface area contributed by atoms with E-state index in [1.54, 1.807) is 0 Å². The summed E-state index contributed by atoms with van der Waals surface area (Å²) in [5, 5.41) is 24.6. The highest BCUT2D eigenvalue weighted by Gasteiger charge is 2.65. The Hall–Kier alpha value is -0.650. The van der Waals surface area contributed by atoms with Gasteiger partial charge in [-0.2, -0.15) is 0 Å². The smallest absolute Gasteiger partial charge is 0.313 e. The van der Waals surface area contributed by atoms with E-state index in [2.05, 4.69) is 5.32 Å². The third kappa shape index (κ3) is 2.13. The van der Waals surface area contributed by atoms with Gasteiger partial charge in [-0.05, 0) is 39.0 Å². The molecule has 0 aromatic heterocycles. The number of esters is 1. The van der Waals surface area contributed by atoms with Gasteiger partial charge in [-0.25, -0.2) is 0 Å². The van der Waals surface area contributed by atoms with Crippen LogP contribution in [0.1, 0.15) is 52.4 Å². The van der Waals surface area contributed by atoms with Crippen molar-refractivity contribution in [3.05, 3.63) is 0 Å². The summed E-state index contributed by atoms with van der Waals surface area (Å²) in [4.78, 5) is 12.6. The van der Waals surface area contributed by atoms with E-state index >= 15 is 0 Å². The van der Waals surface area contributed by atoms with Gasteiger partial charge >= 0.3 is 5.97 Å². The quantitative estimate of drug-likeness (QED) is 0.527. The molecule has 1 saturated heterocycles. The van der Waals surface area contributed by atoms with Crippen molar-refractivity contribution in [2.24, 2.45) is 11.3 Å². The summed E-state index contributed by atoms with van der Waals surface area (Å²) < 4.78 is 5.95. The van der Waals surface area contributed by atoms with E-state index in [0.717, 1.165) is 25.8 Å². The number of hydrogen-bond acceptors (Lipinski definition) is 5. The lowest BCUT2D eigenvalue weighted by molar-refractivity contribution is -0.264. The largest absolute Gasteiger partial charge is 0.458 e. The van der Waals surface area contributed by atoms with Crippen LogP contribution in [0, 0.1) is 11.3 Å². The SMILES string of the molecule is CC(C)(C(=O)OC12CC3CC(O)(C1)C[C@@](O)(C3)C2)C1CN1. The molecule has 4 saturated carbocycles. The molecule has 0 aromatic carbocycles. The maximum Gasteiger partial charge on any atom is 0.313 e. The first-order valence-corrected chi connectivity index (χ1v) is 8.06. The fraction of sp³-hybridized carbons (Fsp3) is 0.938. The lowest BCUT2D eigenvalue weighted by atomic mass is 9.50. The van der Waals surface area contributed by atoms with E-state index < -0.39 is 22.2 Å². The maximum absolute atomic E-state index is 12.6. The normalized spacial score (nSPS) is 51.0. The molecule has 1 heterocycles. The van der Waals surface area contributed by atoms with Crippen LogP contribution in [0.5, 0.6) is 0 Å². The van der Waals surface area contributed by atoms with Crippen molar-refractivity contribution < 1.29 is 19.7 Å². The summed E-state index contributed by atoms with van der Waals surface area (Å²) in [6.45, 7) is 4.67. The zero-order valence-electron chi connectivity index (χ0n) is 12.8. The first kappa shape index (κ1) is 14.0. The summed E-state index contributed by atoms with van der Waals surface area (Å²) in [5.41, 5.74) is -2.91. The van der Waals surface area contributed by atoms with Crippen LogP contribution < -0.4 is 5.32 Å². The highest BCUT2D eigenvalue weighted by atomic mass is 16.6. The van der Waals surface area contributed by atoms with Crippen molar-refractivity contribution in [2.45, 2.75) is 75.2 Å². The van der Waals surface area contributed by atoms with Gasteiger partial charge in [0.25, 0.3) is 0 Å². The van der Waals surface area contributed by atoms with Crippen molar-refractivity contribution in [1.82, 2.24) is 5.32 Å². The van der Waals surface area contributed by atoms with Crippen LogP contribution in [0.3, 0.4) is 0 Å². The van der Waals surface area contributed by atoms with E-state index in [-0.39, 0.29) is 17.9 Å². The molecule has 0 aromatic rings. The predicted octanol–water partition coefficient (Wildman–Crippen LogP) is 0.726. The highest BCUT2D eigenvalue weighted by molar-refractivity contribution is 5.78. The minimum Gasteiger partial charge on any atom is -0.458 e. The molecule has 5 rings (SSSR count). The van der Waals surface area contributed by atoms with Gasteiger partial charge in [0.1, 0.15) is 5.60 Å². The Morgan fingerprint density at radius 2 is 1.71 bits per heavy atom. The Kier molecular flexibility index (Phi) is 2.54. The monoisotopic (exact) mass is 295 g/mol. The molecule has 4 unspecified atom stereocenters. The maximum atomic E-state index is 12.6. The second-order valence-electron chi connectivity index (χ2n) is 8.71. The second kappa shape index (κ2) is 3.81. The van der Waals surface area contributed by atoms with Crippen molar-refractivity contribution >= 4 is 5.97 Å². The zero-order valence-corrected chi connectivity index (χ0v) is 12.8. The Morgan fingerprint density at radius 3 is 2.19 bits per heavy atom. The molecular formula is C16H25NO4. The number of aliphatic hydroxyl groups is 2. The Morgan fingerprint density at radius 1 is 1.14 bits per heavy atom. The standard InChI is InChI=1S/C16H25NO4/c1-13(2,11-6-17-11)12(18)21-16-5-10-3-14(19,8-16)7-15(20,4-10)9-16/h10-11,17,19-20H,3-9H2,1-2H3/t10?,11?,14-,15?,16?/m0/s1. The zero-order chi connectivity index (χ0) is 15.1. The van der Waals surface area contributed by atoms with Gasteiger partial charge in [0.2, 0.25) is 0 Å². The highest BCUT2D eigenvalue weighted by Crippen LogP contribution is 2.60. The fourth-order valence-electron chi connectivity index (χ4n) is 5.40. The van der Waals surface area contributed by atoms with Crippen molar-refractivity contribution in [2.75, 3.05) is 6.54 Å². The number of carbonyl (C=O) groups is 1. The number of hydrogen-bond donors (Lipinski definition) is 3. The number of ether oxygens (including phenoxy) is 1. The first-order chi connectivity index (χ1) is 9.64. The van der Waals surface area contributed by atoms with Gasteiger partial charge in [0.15, 0.2) is 0 Å². The number of rotatable bonds is 3. The number of nitrogens with one attached hydrogen (secondary N) is 1. The molecule has 0 amide bonds. The molecule has 118 valence electrons. The topological polar surface area (TPSA) is 88.7 Å².